The van der Waals surface area contributed by atoms with Crippen LogP contribution in [-0.2, 0) is 20.2 Å². The molecule has 238 valence electrons. The van der Waals surface area contributed by atoms with E-state index in [9.17, 15) is 13.2 Å². The highest BCUT2D eigenvalue weighted by molar-refractivity contribution is 9.10. The third kappa shape index (κ3) is 9.15. The number of halogens is 1. The number of ether oxygens (including phenoxy) is 5. The molecule has 4 rings (SSSR count). The summed E-state index contributed by atoms with van der Waals surface area (Å²) >= 11 is 3.25. The molecule has 0 aliphatic carbocycles. The van der Waals surface area contributed by atoms with Crippen LogP contribution < -0.4 is 28.4 Å². The molecule has 0 spiro atoms. The molecule has 2 heterocycles. The number of methoxy groups -OCH3 is 1. The number of sulfonamides is 1. The van der Waals surface area contributed by atoms with Crippen molar-refractivity contribution in [3.8, 4) is 35.1 Å². The molecule has 14 nitrogen and oxygen atoms in total. The van der Waals surface area contributed by atoms with Crippen LogP contribution in [0.2, 0.25) is 0 Å². The van der Waals surface area contributed by atoms with Gasteiger partial charge in [0.15, 0.2) is 23.9 Å². The van der Waals surface area contributed by atoms with Gasteiger partial charge in [-0.05, 0) is 51.2 Å². The molecule has 0 amide bonds. The van der Waals surface area contributed by atoms with E-state index in [1.807, 2.05) is 20.8 Å². The summed E-state index contributed by atoms with van der Waals surface area (Å²) in [5.74, 6) is -1.73. The molecular weight excluding hydrogens is 674 g/mol. The van der Waals surface area contributed by atoms with Crippen molar-refractivity contribution in [1.82, 2.24) is 19.9 Å². The summed E-state index contributed by atoms with van der Waals surface area (Å²) in [4.78, 5) is 27.4. The van der Waals surface area contributed by atoms with Gasteiger partial charge >= 0.3 is 18.0 Å². The van der Waals surface area contributed by atoms with Crippen LogP contribution in [0.25, 0.3) is 0 Å². The van der Waals surface area contributed by atoms with Gasteiger partial charge in [-0.3, -0.25) is 4.72 Å². The number of aliphatic carboxylic acids is 1. The second kappa shape index (κ2) is 14.4. The average Bonchev–Trinajstić information content (AvgIpc) is 3.00. The van der Waals surface area contributed by atoms with E-state index in [0.29, 0.717) is 10.2 Å². The van der Waals surface area contributed by atoms with Crippen molar-refractivity contribution in [2.45, 2.75) is 31.1 Å². The lowest BCUT2D eigenvalue weighted by Gasteiger charge is -2.20. The summed E-state index contributed by atoms with van der Waals surface area (Å²) in [6, 6.07) is 12.6. The zero-order valence-corrected chi connectivity index (χ0v) is 27.1. The molecular formula is C29H30BrN5O9S. The van der Waals surface area contributed by atoms with E-state index < -0.39 is 28.6 Å². The quantitative estimate of drug-likeness (QED) is 0.170. The first-order valence-electron chi connectivity index (χ1n) is 13.3. The lowest BCUT2D eigenvalue weighted by Crippen LogP contribution is -2.18. The third-order valence-corrected chi connectivity index (χ3v) is 7.60. The molecule has 4 aromatic rings. The minimum absolute atomic E-state index is 0.0494. The molecule has 0 radical (unpaired) electrons. The van der Waals surface area contributed by atoms with Crippen molar-refractivity contribution in [3.05, 3.63) is 71.0 Å². The van der Waals surface area contributed by atoms with Gasteiger partial charge in [0.25, 0.3) is 15.9 Å². The summed E-state index contributed by atoms with van der Waals surface area (Å²) in [5, 5.41) is 9.14. The Kier molecular flexibility index (Phi) is 10.6. The maximum absolute atomic E-state index is 13.6. The van der Waals surface area contributed by atoms with Crippen LogP contribution >= 0.6 is 15.9 Å². The van der Waals surface area contributed by atoms with Crippen LogP contribution in [0, 0.1) is 0 Å². The van der Waals surface area contributed by atoms with E-state index >= 15 is 0 Å². The predicted molar refractivity (Wildman–Crippen MR) is 165 cm³/mol. The summed E-state index contributed by atoms with van der Waals surface area (Å²) in [6.07, 6.45) is 3.02. The van der Waals surface area contributed by atoms with Crippen molar-refractivity contribution in [2.24, 2.45) is 0 Å². The van der Waals surface area contributed by atoms with E-state index in [-0.39, 0.29) is 52.7 Å². The van der Waals surface area contributed by atoms with E-state index in [2.05, 4.69) is 40.6 Å². The Labute approximate surface area is 267 Å². The topological polar surface area (TPSA) is 181 Å². The molecule has 0 unspecified atom stereocenters. The second-order valence-electron chi connectivity index (χ2n) is 10.2. The van der Waals surface area contributed by atoms with E-state index in [4.69, 9.17) is 28.8 Å². The maximum atomic E-state index is 13.6. The smallest absolute Gasteiger partial charge is 0.341 e. The lowest BCUT2D eigenvalue weighted by molar-refractivity contribution is -0.139. The van der Waals surface area contributed by atoms with E-state index in [1.54, 1.807) is 36.4 Å². The van der Waals surface area contributed by atoms with Crippen LogP contribution in [0.1, 0.15) is 26.3 Å². The number of carboxylic acids is 1. The predicted octanol–water partition coefficient (Wildman–Crippen LogP) is 4.85. The van der Waals surface area contributed by atoms with Crippen molar-refractivity contribution in [3.63, 3.8) is 0 Å². The number of hydrogen-bond acceptors (Lipinski definition) is 12. The van der Waals surface area contributed by atoms with Gasteiger partial charge in [0, 0.05) is 12.4 Å². The van der Waals surface area contributed by atoms with Crippen LogP contribution in [0.3, 0.4) is 0 Å². The Morgan fingerprint density at radius 2 is 1.56 bits per heavy atom. The fraction of sp³-hybridized carbons (Fsp3) is 0.276. The van der Waals surface area contributed by atoms with E-state index in [1.165, 1.54) is 31.6 Å². The number of para-hydroxylation sites is 2. The summed E-state index contributed by atoms with van der Waals surface area (Å²) < 4.78 is 58.1. The van der Waals surface area contributed by atoms with E-state index in [0.717, 1.165) is 5.56 Å². The van der Waals surface area contributed by atoms with Crippen LogP contribution in [-0.4, -0.2) is 66.4 Å². The van der Waals surface area contributed by atoms with Gasteiger partial charge in [0.2, 0.25) is 5.75 Å². The van der Waals surface area contributed by atoms with Gasteiger partial charge in [0.05, 0.1) is 16.5 Å². The standard InChI is InChI=1S/C29H30BrN5O9S/c1-29(2,3)18-9-11-20(12-10-18)45(38,39)35-25-24(44-22-8-6-5-7-21(22)40-4)26(34-28(33-25)43-17-23(36)37)41-13-14-42-27-31-15-19(30)16-32-27/h5-12,15-16H,13-14,17H2,1-4H3,(H,36,37)(H,33,34,35). The molecule has 45 heavy (non-hydrogen) atoms. The number of benzene rings is 2. The Bertz CT molecular complexity index is 1730. The summed E-state index contributed by atoms with van der Waals surface area (Å²) in [5.41, 5.74) is 0.730. The monoisotopic (exact) mass is 703 g/mol. The Hall–Kier alpha value is -4.70. The van der Waals surface area contributed by atoms with Gasteiger partial charge in [0.1, 0.15) is 13.2 Å². The minimum atomic E-state index is -4.26. The number of carboxylic acid groups (broad SMARTS) is 1. The average molecular weight is 705 g/mol. The van der Waals surface area contributed by atoms with Crippen molar-refractivity contribution in [2.75, 3.05) is 31.7 Å². The molecule has 0 saturated carbocycles. The molecule has 0 saturated heterocycles. The first-order chi connectivity index (χ1) is 21.4. The molecule has 0 atom stereocenters. The maximum Gasteiger partial charge on any atom is 0.341 e. The second-order valence-corrected chi connectivity index (χ2v) is 12.8. The van der Waals surface area contributed by atoms with Crippen LogP contribution in [0.5, 0.6) is 35.1 Å². The highest BCUT2D eigenvalue weighted by atomic mass is 79.9. The summed E-state index contributed by atoms with van der Waals surface area (Å²) in [7, 11) is -2.82. The normalized spacial score (nSPS) is 11.4. The molecule has 2 aromatic heterocycles. The highest BCUT2D eigenvalue weighted by Gasteiger charge is 2.26. The molecule has 16 heteroatoms. The van der Waals surface area contributed by atoms with Gasteiger partial charge in [-0.15, -0.1) is 0 Å². The number of anilines is 1. The molecule has 2 N–H and O–H groups in total. The molecule has 0 bridgehead atoms. The Balaban J connectivity index is 1.72. The van der Waals surface area contributed by atoms with Gasteiger partial charge in [-0.1, -0.05) is 45.0 Å². The minimum Gasteiger partial charge on any atom is -0.493 e. The number of aromatic nitrogens is 4. The number of carbonyl (C=O) groups is 1. The van der Waals surface area contributed by atoms with Gasteiger partial charge < -0.3 is 28.8 Å². The first-order valence-corrected chi connectivity index (χ1v) is 15.6. The van der Waals surface area contributed by atoms with Crippen molar-refractivity contribution in [1.29, 1.82) is 0 Å². The third-order valence-electron chi connectivity index (χ3n) is 5.83. The molecule has 2 aromatic carbocycles. The first kappa shape index (κ1) is 33.2. The van der Waals surface area contributed by atoms with Crippen molar-refractivity contribution < 1.29 is 42.0 Å². The largest absolute Gasteiger partial charge is 0.493 e. The lowest BCUT2D eigenvalue weighted by atomic mass is 9.87. The van der Waals surface area contributed by atoms with Gasteiger partial charge in [-0.2, -0.15) is 9.97 Å². The van der Waals surface area contributed by atoms with Gasteiger partial charge in [-0.25, -0.2) is 23.2 Å². The molecule has 0 aliphatic rings. The highest BCUT2D eigenvalue weighted by Crippen LogP contribution is 2.41. The Morgan fingerprint density at radius 1 is 0.911 bits per heavy atom. The SMILES string of the molecule is COc1ccccc1Oc1c(NS(=O)(=O)c2ccc(C(C)(C)C)cc2)nc(OCC(=O)O)nc1OCCOc1ncc(Br)cn1. The van der Waals surface area contributed by atoms with Crippen molar-refractivity contribution >= 4 is 37.7 Å². The zero-order valence-electron chi connectivity index (χ0n) is 24.7. The number of nitrogens with one attached hydrogen (secondary N) is 1. The zero-order chi connectivity index (χ0) is 32.6. The van der Waals surface area contributed by atoms with Crippen LogP contribution in [0.4, 0.5) is 5.82 Å². The number of hydrogen-bond donors (Lipinski definition) is 2. The fourth-order valence-electron chi connectivity index (χ4n) is 3.64. The van der Waals surface area contributed by atoms with Crippen LogP contribution in [0.15, 0.2) is 70.3 Å². The number of rotatable bonds is 14. The number of nitrogens with zero attached hydrogens (tertiary/aromatic N) is 4. The molecule has 0 fully saturated rings. The molecule has 0 aliphatic heterocycles. The Morgan fingerprint density at radius 3 is 2.18 bits per heavy atom. The summed E-state index contributed by atoms with van der Waals surface area (Å²) in [6.45, 7) is 5.02. The fourth-order valence-corrected chi connectivity index (χ4v) is 4.85.